The van der Waals surface area contributed by atoms with Crippen molar-refractivity contribution in [1.29, 1.82) is 0 Å². The number of aldehydes is 2. The summed E-state index contributed by atoms with van der Waals surface area (Å²) in [6.45, 7) is 13.2. The monoisotopic (exact) mass is 631 g/mol. The Morgan fingerprint density at radius 3 is 2.40 bits per heavy atom. The van der Waals surface area contributed by atoms with E-state index in [1.165, 1.54) is 6.92 Å². The van der Waals surface area contributed by atoms with Crippen LogP contribution in [0.5, 0.6) is 0 Å². The smallest absolute Gasteiger partial charge is 0.303 e. The molecule has 10 nitrogen and oxygen atoms in total. The number of hydrogen-bond donors (Lipinski definition) is 2. The normalized spacial score (nSPS) is 47.6. The lowest BCUT2D eigenvalue weighted by Gasteiger charge is -2.62. The van der Waals surface area contributed by atoms with Crippen molar-refractivity contribution >= 4 is 24.3 Å². The van der Waals surface area contributed by atoms with Gasteiger partial charge in [0.05, 0.1) is 23.3 Å². The molecule has 2 spiro atoms. The number of nitrogens with two attached hydrogens (primary N) is 1. The lowest BCUT2D eigenvalue weighted by Crippen LogP contribution is -2.69. The van der Waals surface area contributed by atoms with Crippen LogP contribution in [0.1, 0.15) is 99.8 Å². The number of ether oxygens (including phenoxy) is 4. The third-order valence-electron chi connectivity index (χ3n) is 14.1. The minimum atomic E-state index is -1.34. The van der Waals surface area contributed by atoms with Gasteiger partial charge in [0.1, 0.15) is 19.0 Å². The molecule has 0 aromatic rings. The van der Waals surface area contributed by atoms with Gasteiger partial charge in [-0.3, -0.25) is 14.4 Å². The maximum atomic E-state index is 14.8. The van der Waals surface area contributed by atoms with Gasteiger partial charge in [0.15, 0.2) is 18.2 Å². The fourth-order valence-electron chi connectivity index (χ4n) is 12.3. The molecule has 0 radical (unpaired) electrons. The summed E-state index contributed by atoms with van der Waals surface area (Å²) in [5, 5.41) is 10.9. The lowest BCUT2D eigenvalue weighted by atomic mass is 9.43. The van der Waals surface area contributed by atoms with Gasteiger partial charge >= 0.3 is 5.97 Å². The zero-order valence-electron chi connectivity index (χ0n) is 28.0. The number of hydrogen-bond acceptors (Lipinski definition) is 10. The van der Waals surface area contributed by atoms with Crippen LogP contribution in [-0.2, 0) is 38.1 Å². The van der Waals surface area contributed by atoms with Crippen LogP contribution in [0.15, 0.2) is 0 Å². The molecule has 0 amide bonds. The van der Waals surface area contributed by atoms with Crippen LogP contribution < -0.4 is 5.73 Å². The van der Waals surface area contributed by atoms with Gasteiger partial charge in [-0.15, -0.1) is 0 Å². The first-order valence-electron chi connectivity index (χ1n) is 17.0. The molecule has 0 bridgehead atoms. The van der Waals surface area contributed by atoms with E-state index in [-0.39, 0.29) is 52.5 Å². The van der Waals surface area contributed by atoms with E-state index in [1.807, 2.05) is 0 Å². The highest BCUT2D eigenvalue weighted by molar-refractivity contribution is 5.97. The number of carbonyl (C=O) groups is 4. The zero-order valence-corrected chi connectivity index (χ0v) is 28.0. The number of ketones is 1. The van der Waals surface area contributed by atoms with Crippen LogP contribution in [0, 0.1) is 45.3 Å². The van der Waals surface area contributed by atoms with Gasteiger partial charge in [-0.05, 0) is 105 Å². The fraction of sp³-hybridized carbons (Fsp3) is 0.886. The second-order valence-corrected chi connectivity index (χ2v) is 16.8. The SMILES string of the molecule is CC(=O)O[C@@H](C1C[C@@H](C)[C@H]2C(O1)C(=O)[C@@]1(N)C3CC[C@H]4C(C)(C)[C@@H](O[C@@H](C=O)OCC=O)CCC45CC35CCC21C)C(C)(C)O. The standard InChI is InChI=1S/C35H53NO9/c1-19-16-21(29(31(5,6)41)43-20(2)39)44-27-26(19)32(7)12-13-34-18-33(34)11-10-24(45-25(17-38)42-15-14-37)30(3,4)22(33)8-9-23(34)35(32,36)28(27)40/h14,17,19,21-27,29,41H,8-13,15-16,18,36H2,1-7H3/t19-,21?,22+,23?,24+,25+,26+,27?,29+,32?,33?,34?,35+/m1/s1. The predicted octanol–water partition coefficient (Wildman–Crippen LogP) is 3.53. The third-order valence-corrected chi connectivity index (χ3v) is 14.1. The lowest BCUT2D eigenvalue weighted by molar-refractivity contribution is -0.218. The van der Waals surface area contributed by atoms with Crippen LogP contribution in [0.25, 0.3) is 0 Å². The number of carbonyl (C=O) groups excluding carboxylic acids is 4. The molecular weight excluding hydrogens is 578 g/mol. The van der Waals surface area contributed by atoms with Crippen molar-refractivity contribution in [3.8, 4) is 0 Å². The number of aliphatic hydroxyl groups is 1. The van der Waals surface area contributed by atoms with Gasteiger partial charge in [-0.2, -0.15) is 0 Å². The van der Waals surface area contributed by atoms with Crippen molar-refractivity contribution in [2.45, 2.75) is 142 Å². The van der Waals surface area contributed by atoms with E-state index in [0.29, 0.717) is 24.9 Å². The molecule has 3 N–H and O–H groups in total. The Morgan fingerprint density at radius 2 is 1.78 bits per heavy atom. The second kappa shape index (κ2) is 10.6. The minimum Gasteiger partial charge on any atom is -0.457 e. The summed E-state index contributed by atoms with van der Waals surface area (Å²) in [5.74, 6) is -0.0939. The Hall–Kier alpha value is -1.72. The van der Waals surface area contributed by atoms with Crippen LogP contribution in [0.4, 0.5) is 0 Å². The first kappa shape index (κ1) is 33.2. The molecule has 0 aromatic heterocycles. The van der Waals surface area contributed by atoms with Crippen molar-refractivity contribution in [1.82, 2.24) is 0 Å². The summed E-state index contributed by atoms with van der Waals surface area (Å²) in [6, 6.07) is 0. The van der Waals surface area contributed by atoms with Gasteiger partial charge in [0, 0.05) is 12.8 Å². The molecule has 1 aliphatic heterocycles. The van der Waals surface area contributed by atoms with E-state index in [0.717, 1.165) is 44.9 Å². The molecule has 5 aliphatic carbocycles. The maximum absolute atomic E-state index is 14.8. The highest BCUT2D eigenvalue weighted by Gasteiger charge is 2.85. The molecule has 1 saturated heterocycles. The van der Waals surface area contributed by atoms with Crippen LogP contribution >= 0.6 is 0 Å². The van der Waals surface area contributed by atoms with E-state index in [2.05, 4.69) is 27.7 Å². The highest BCUT2D eigenvalue weighted by Crippen LogP contribution is 2.87. The number of fused-ring (bicyclic) bond motifs is 4. The molecular formula is C35H53NO9. The zero-order chi connectivity index (χ0) is 33.0. The molecule has 1 heterocycles. The average molecular weight is 632 g/mol. The molecule has 6 unspecified atom stereocenters. The van der Waals surface area contributed by atoms with E-state index in [4.69, 9.17) is 24.7 Å². The van der Waals surface area contributed by atoms with E-state index < -0.39 is 47.1 Å². The Bertz CT molecular complexity index is 1250. The number of rotatable bonds is 9. The Balaban J connectivity index is 1.28. The summed E-state index contributed by atoms with van der Waals surface area (Å²) < 4.78 is 23.7. The topological polar surface area (TPSA) is 151 Å². The molecule has 6 fully saturated rings. The third kappa shape index (κ3) is 4.44. The van der Waals surface area contributed by atoms with Crippen LogP contribution in [0.3, 0.4) is 0 Å². The fourth-order valence-corrected chi connectivity index (χ4v) is 12.3. The molecule has 5 saturated carbocycles. The highest BCUT2D eigenvalue weighted by atomic mass is 16.7. The van der Waals surface area contributed by atoms with Gasteiger partial charge in [-0.25, -0.2) is 0 Å². The van der Waals surface area contributed by atoms with Gasteiger partial charge in [0.2, 0.25) is 6.29 Å². The quantitative estimate of drug-likeness (QED) is 0.220. The van der Waals surface area contributed by atoms with Gasteiger partial charge in [0.25, 0.3) is 0 Å². The van der Waals surface area contributed by atoms with Crippen molar-refractivity contribution in [2.24, 2.45) is 51.1 Å². The molecule has 13 atom stereocenters. The van der Waals surface area contributed by atoms with E-state index in [9.17, 15) is 24.3 Å². The molecule has 6 aliphatic rings. The molecule has 6 rings (SSSR count). The molecule has 45 heavy (non-hydrogen) atoms. The van der Waals surface area contributed by atoms with Crippen LogP contribution in [-0.4, -0.2) is 77.9 Å². The predicted molar refractivity (Wildman–Crippen MR) is 163 cm³/mol. The van der Waals surface area contributed by atoms with Crippen molar-refractivity contribution in [3.05, 3.63) is 0 Å². The van der Waals surface area contributed by atoms with Gasteiger partial charge < -0.3 is 34.6 Å². The second-order valence-electron chi connectivity index (χ2n) is 16.8. The molecule has 10 heteroatoms. The van der Waals surface area contributed by atoms with Crippen molar-refractivity contribution < 1.29 is 43.2 Å². The maximum Gasteiger partial charge on any atom is 0.303 e. The Morgan fingerprint density at radius 1 is 1.11 bits per heavy atom. The average Bonchev–Trinajstić information content (AvgIpc) is 3.59. The number of Topliss-reactive ketones (excluding diaryl/α,β-unsaturated/α-hetero) is 1. The van der Waals surface area contributed by atoms with E-state index in [1.54, 1.807) is 13.8 Å². The first-order valence-corrected chi connectivity index (χ1v) is 17.0. The largest absolute Gasteiger partial charge is 0.457 e. The summed E-state index contributed by atoms with van der Waals surface area (Å²) in [4.78, 5) is 49.2. The van der Waals surface area contributed by atoms with Crippen molar-refractivity contribution in [2.75, 3.05) is 6.61 Å². The van der Waals surface area contributed by atoms with Gasteiger partial charge in [-0.1, -0.05) is 27.7 Å². The summed E-state index contributed by atoms with van der Waals surface area (Å²) in [5.41, 5.74) is 4.59. The molecule has 0 aromatic carbocycles. The van der Waals surface area contributed by atoms with Crippen molar-refractivity contribution in [3.63, 3.8) is 0 Å². The first-order chi connectivity index (χ1) is 20.9. The number of esters is 1. The Labute approximate surface area is 266 Å². The Kier molecular flexibility index (Phi) is 7.85. The summed E-state index contributed by atoms with van der Waals surface area (Å²) in [6.07, 6.45) is 4.75. The van der Waals surface area contributed by atoms with E-state index >= 15 is 0 Å². The van der Waals surface area contributed by atoms with Crippen LogP contribution in [0.2, 0.25) is 0 Å². The minimum absolute atomic E-state index is 0.0223. The summed E-state index contributed by atoms with van der Waals surface area (Å²) >= 11 is 0. The molecule has 252 valence electrons. The summed E-state index contributed by atoms with van der Waals surface area (Å²) in [7, 11) is 0.